The fourth-order valence-corrected chi connectivity index (χ4v) is 1.22. The second-order valence-electron chi connectivity index (χ2n) is 2.94. The van der Waals surface area contributed by atoms with E-state index in [0.717, 1.165) is 6.42 Å². The van der Waals surface area contributed by atoms with Crippen LogP contribution in [-0.4, -0.2) is 17.3 Å². The highest BCUT2D eigenvalue weighted by atomic mass is 16.3. The number of rotatable bonds is 3. The Morgan fingerprint density at radius 1 is 1.67 bits per heavy atom. The van der Waals surface area contributed by atoms with E-state index >= 15 is 0 Å². The molecule has 0 radical (unpaired) electrons. The molecule has 0 amide bonds. The molecule has 1 unspecified atom stereocenters. The maximum absolute atomic E-state index is 9.64. The third-order valence-corrected chi connectivity index (χ3v) is 2.30. The van der Waals surface area contributed by atoms with Gasteiger partial charge < -0.3 is 10.8 Å². The normalized spacial score (nSPS) is 25.7. The minimum atomic E-state index is -0.528. The zero-order chi connectivity index (χ0) is 6.91. The Hall–Kier alpha value is -0.0800. The Bertz CT molecular complexity index is 95.1. The number of nitrogens with two attached hydrogens (primary N) is 1. The van der Waals surface area contributed by atoms with Crippen LogP contribution in [0.15, 0.2) is 0 Å². The minimum absolute atomic E-state index is 0.425. The molecule has 0 aliphatic heterocycles. The van der Waals surface area contributed by atoms with Crippen molar-refractivity contribution in [3.05, 3.63) is 0 Å². The standard InChI is InChI=1S/C7H15NO/c1-2-7(9,5-8)6-3-4-6/h6,9H,2-5,8H2,1H3. The lowest BCUT2D eigenvalue weighted by Crippen LogP contribution is -2.39. The molecule has 0 saturated heterocycles. The molecule has 0 heterocycles. The van der Waals surface area contributed by atoms with Gasteiger partial charge in [-0.15, -0.1) is 0 Å². The smallest absolute Gasteiger partial charge is 0.0794 e. The summed E-state index contributed by atoms with van der Waals surface area (Å²) in [7, 11) is 0. The van der Waals surface area contributed by atoms with Gasteiger partial charge in [-0.05, 0) is 25.2 Å². The molecule has 1 fully saturated rings. The highest BCUT2D eigenvalue weighted by molar-refractivity contribution is 4.94. The van der Waals surface area contributed by atoms with Crippen molar-refractivity contribution in [3.63, 3.8) is 0 Å². The molecule has 54 valence electrons. The van der Waals surface area contributed by atoms with E-state index in [2.05, 4.69) is 0 Å². The third-order valence-electron chi connectivity index (χ3n) is 2.30. The van der Waals surface area contributed by atoms with Crippen LogP contribution in [-0.2, 0) is 0 Å². The maximum Gasteiger partial charge on any atom is 0.0794 e. The SMILES string of the molecule is CCC(O)(CN)C1CC1. The van der Waals surface area contributed by atoms with E-state index in [0.29, 0.717) is 12.5 Å². The van der Waals surface area contributed by atoms with Gasteiger partial charge in [0.1, 0.15) is 0 Å². The lowest BCUT2D eigenvalue weighted by atomic mass is 9.95. The molecule has 1 aliphatic carbocycles. The van der Waals surface area contributed by atoms with Crippen molar-refractivity contribution in [2.24, 2.45) is 11.7 Å². The Labute approximate surface area is 56.1 Å². The van der Waals surface area contributed by atoms with Crippen LogP contribution in [0.25, 0.3) is 0 Å². The summed E-state index contributed by atoms with van der Waals surface area (Å²) in [5.74, 6) is 0.507. The van der Waals surface area contributed by atoms with Crippen molar-refractivity contribution in [2.45, 2.75) is 31.8 Å². The molecule has 0 aromatic rings. The van der Waals surface area contributed by atoms with Gasteiger partial charge in [-0.25, -0.2) is 0 Å². The average molecular weight is 129 g/mol. The molecule has 1 atom stereocenters. The van der Waals surface area contributed by atoms with Crippen molar-refractivity contribution < 1.29 is 5.11 Å². The molecule has 1 saturated carbocycles. The first kappa shape index (κ1) is 7.03. The van der Waals surface area contributed by atoms with Gasteiger partial charge >= 0.3 is 0 Å². The van der Waals surface area contributed by atoms with E-state index in [1.165, 1.54) is 12.8 Å². The fraction of sp³-hybridized carbons (Fsp3) is 1.00. The number of hydrogen-bond donors (Lipinski definition) is 2. The van der Waals surface area contributed by atoms with E-state index in [1.807, 2.05) is 6.92 Å². The van der Waals surface area contributed by atoms with E-state index < -0.39 is 5.60 Å². The molecular weight excluding hydrogens is 114 g/mol. The average Bonchev–Trinajstić information content (AvgIpc) is 2.68. The van der Waals surface area contributed by atoms with Crippen molar-refractivity contribution in [1.29, 1.82) is 0 Å². The summed E-state index contributed by atoms with van der Waals surface area (Å²) in [5.41, 5.74) is 4.88. The van der Waals surface area contributed by atoms with Crippen LogP contribution in [0.5, 0.6) is 0 Å². The van der Waals surface area contributed by atoms with Crippen LogP contribution in [0.3, 0.4) is 0 Å². The van der Waals surface area contributed by atoms with Crippen molar-refractivity contribution in [1.82, 2.24) is 0 Å². The first-order valence-corrected chi connectivity index (χ1v) is 3.65. The number of hydrogen-bond acceptors (Lipinski definition) is 2. The molecule has 2 heteroatoms. The van der Waals surface area contributed by atoms with E-state index in [1.54, 1.807) is 0 Å². The molecule has 0 spiro atoms. The second-order valence-corrected chi connectivity index (χ2v) is 2.94. The molecule has 0 aromatic carbocycles. The largest absolute Gasteiger partial charge is 0.388 e. The van der Waals surface area contributed by atoms with E-state index in [9.17, 15) is 5.11 Å². The van der Waals surface area contributed by atoms with Gasteiger partial charge in [0, 0.05) is 6.54 Å². The molecule has 1 rings (SSSR count). The van der Waals surface area contributed by atoms with Gasteiger partial charge in [0.25, 0.3) is 0 Å². The van der Waals surface area contributed by atoms with Gasteiger partial charge in [-0.1, -0.05) is 6.92 Å². The highest BCUT2D eigenvalue weighted by Gasteiger charge is 2.40. The van der Waals surface area contributed by atoms with Crippen molar-refractivity contribution in [3.8, 4) is 0 Å². The van der Waals surface area contributed by atoms with Gasteiger partial charge in [-0.2, -0.15) is 0 Å². The fourth-order valence-electron chi connectivity index (χ4n) is 1.22. The van der Waals surface area contributed by atoms with Crippen LogP contribution in [0.1, 0.15) is 26.2 Å². The summed E-state index contributed by atoms with van der Waals surface area (Å²) in [6.45, 7) is 2.42. The van der Waals surface area contributed by atoms with Gasteiger partial charge in [-0.3, -0.25) is 0 Å². The van der Waals surface area contributed by atoms with Crippen molar-refractivity contribution >= 4 is 0 Å². The summed E-state index contributed by atoms with van der Waals surface area (Å²) in [6.07, 6.45) is 3.14. The van der Waals surface area contributed by atoms with Gasteiger partial charge in [0.15, 0.2) is 0 Å². The second kappa shape index (κ2) is 2.27. The minimum Gasteiger partial charge on any atom is -0.388 e. The molecular formula is C7H15NO. The monoisotopic (exact) mass is 129 g/mol. The molecule has 2 nitrogen and oxygen atoms in total. The Kier molecular flexibility index (Phi) is 1.78. The summed E-state index contributed by atoms with van der Waals surface area (Å²) in [6, 6.07) is 0. The van der Waals surface area contributed by atoms with Gasteiger partial charge in [0.2, 0.25) is 0 Å². The predicted octanol–water partition coefficient (Wildman–Crippen LogP) is 0.496. The Morgan fingerprint density at radius 3 is 2.33 bits per heavy atom. The van der Waals surface area contributed by atoms with E-state index in [-0.39, 0.29) is 0 Å². The number of aliphatic hydroxyl groups is 1. The molecule has 0 bridgehead atoms. The van der Waals surface area contributed by atoms with E-state index in [4.69, 9.17) is 5.73 Å². The maximum atomic E-state index is 9.64. The summed E-state index contributed by atoms with van der Waals surface area (Å²) in [4.78, 5) is 0. The zero-order valence-corrected chi connectivity index (χ0v) is 5.93. The quantitative estimate of drug-likeness (QED) is 0.582. The lowest BCUT2D eigenvalue weighted by Gasteiger charge is -2.23. The Morgan fingerprint density at radius 2 is 2.22 bits per heavy atom. The first-order chi connectivity index (χ1) is 4.23. The van der Waals surface area contributed by atoms with Crippen molar-refractivity contribution in [2.75, 3.05) is 6.54 Å². The van der Waals surface area contributed by atoms with Crippen LogP contribution >= 0.6 is 0 Å². The summed E-state index contributed by atoms with van der Waals surface area (Å²) < 4.78 is 0. The van der Waals surface area contributed by atoms with Crippen LogP contribution in [0.2, 0.25) is 0 Å². The predicted molar refractivity (Wildman–Crippen MR) is 37.0 cm³/mol. The first-order valence-electron chi connectivity index (χ1n) is 3.65. The van der Waals surface area contributed by atoms with Crippen LogP contribution in [0, 0.1) is 5.92 Å². The van der Waals surface area contributed by atoms with Crippen LogP contribution in [0.4, 0.5) is 0 Å². The topological polar surface area (TPSA) is 46.2 Å². The molecule has 0 aromatic heterocycles. The third kappa shape index (κ3) is 1.25. The summed E-state index contributed by atoms with van der Waals surface area (Å²) >= 11 is 0. The molecule has 3 N–H and O–H groups in total. The van der Waals surface area contributed by atoms with Crippen LogP contribution < -0.4 is 5.73 Å². The summed E-state index contributed by atoms with van der Waals surface area (Å²) in [5, 5.41) is 9.64. The zero-order valence-electron chi connectivity index (χ0n) is 5.93. The molecule has 1 aliphatic rings. The van der Waals surface area contributed by atoms with Gasteiger partial charge in [0.05, 0.1) is 5.60 Å². The Balaban J connectivity index is 2.43. The lowest BCUT2D eigenvalue weighted by molar-refractivity contribution is 0.0226. The highest BCUT2D eigenvalue weighted by Crippen LogP contribution is 2.40. The molecule has 9 heavy (non-hydrogen) atoms.